The van der Waals surface area contributed by atoms with Crippen LogP contribution in [0.2, 0.25) is 0 Å². The van der Waals surface area contributed by atoms with Crippen LogP contribution in [-0.4, -0.2) is 19.2 Å². The fourth-order valence-corrected chi connectivity index (χ4v) is 5.31. The van der Waals surface area contributed by atoms with Crippen molar-refractivity contribution in [3.63, 3.8) is 0 Å². The number of para-hydroxylation sites is 1. The SMILES string of the molecule is C/C=C(/C[C@@H]1CC[C@@H](N(CCC(C)C)c2ccccc2)[C@H](c2ccc(C(F)(F)F)cc2)C1)OCC. The summed E-state index contributed by atoms with van der Waals surface area (Å²) in [5, 5.41) is 0. The molecule has 1 aliphatic rings. The molecule has 5 heteroatoms. The average Bonchev–Trinajstić information content (AvgIpc) is 2.84. The lowest BCUT2D eigenvalue weighted by Gasteiger charge is -2.44. The van der Waals surface area contributed by atoms with E-state index in [0.717, 1.165) is 50.0 Å². The number of allylic oxidation sites excluding steroid dienone is 2. The van der Waals surface area contributed by atoms with Crippen molar-refractivity contribution in [1.29, 1.82) is 0 Å². The van der Waals surface area contributed by atoms with Crippen molar-refractivity contribution >= 4 is 5.69 Å². The van der Waals surface area contributed by atoms with Crippen molar-refractivity contribution < 1.29 is 17.9 Å². The summed E-state index contributed by atoms with van der Waals surface area (Å²) >= 11 is 0. The summed E-state index contributed by atoms with van der Waals surface area (Å²) in [7, 11) is 0. The van der Waals surface area contributed by atoms with Gasteiger partial charge in [0.15, 0.2) is 0 Å². The highest BCUT2D eigenvalue weighted by Gasteiger charge is 2.37. The van der Waals surface area contributed by atoms with Gasteiger partial charge < -0.3 is 9.64 Å². The second-order valence-electron chi connectivity index (χ2n) is 10.1. The summed E-state index contributed by atoms with van der Waals surface area (Å²) in [5.41, 5.74) is 1.60. The highest BCUT2D eigenvalue weighted by molar-refractivity contribution is 5.48. The first-order chi connectivity index (χ1) is 16.7. The Kier molecular flexibility index (Phi) is 9.71. The monoisotopic (exact) mass is 487 g/mol. The largest absolute Gasteiger partial charge is 0.499 e. The molecule has 2 aromatic carbocycles. The predicted molar refractivity (Wildman–Crippen MR) is 139 cm³/mol. The third-order valence-corrected chi connectivity index (χ3v) is 7.17. The molecule has 1 fully saturated rings. The third-order valence-electron chi connectivity index (χ3n) is 7.17. The van der Waals surface area contributed by atoms with Crippen LogP contribution in [0.5, 0.6) is 0 Å². The Hall–Kier alpha value is -2.43. The van der Waals surface area contributed by atoms with Crippen molar-refractivity contribution in [3.05, 3.63) is 77.6 Å². The van der Waals surface area contributed by atoms with Crippen molar-refractivity contribution in [2.75, 3.05) is 18.1 Å². The fourth-order valence-electron chi connectivity index (χ4n) is 5.31. The van der Waals surface area contributed by atoms with Crippen molar-refractivity contribution in [2.45, 2.75) is 77.9 Å². The average molecular weight is 488 g/mol. The van der Waals surface area contributed by atoms with Gasteiger partial charge in [-0.25, -0.2) is 0 Å². The van der Waals surface area contributed by atoms with Gasteiger partial charge in [-0.2, -0.15) is 13.2 Å². The van der Waals surface area contributed by atoms with Gasteiger partial charge in [0.1, 0.15) is 0 Å². The van der Waals surface area contributed by atoms with E-state index in [1.54, 1.807) is 12.1 Å². The van der Waals surface area contributed by atoms with Crippen LogP contribution in [0, 0.1) is 11.8 Å². The number of anilines is 1. The number of hydrogen-bond donors (Lipinski definition) is 0. The van der Waals surface area contributed by atoms with E-state index in [9.17, 15) is 13.2 Å². The molecular formula is C30H40F3NO. The zero-order valence-electron chi connectivity index (χ0n) is 21.5. The molecule has 1 saturated carbocycles. The smallest absolute Gasteiger partial charge is 0.416 e. The maximum atomic E-state index is 13.3. The third kappa shape index (κ3) is 7.52. The summed E-state index contributed by atoms with van der Waals surface area (Å²) in [6.07, 6.45) is 2.70. The first kappa shape index (κ1) is 27.2. The lowest BCUT2D eigenvalue weighted by atomic mass is 9.72. The minimum absolute atomic E-state index is 0.156. The van der Waals surface area contributed by atoms with E-state index in [1.807, 2.05) is 26.0 Å². The summed E-state index contributed by atoms with van der Waals surface area (Å²) < 4.78 is 45.6. The molecule has 2 aromatic rings. The number of halogens is 3. The standard InChI is InChI=1S/C30H40F3NO/c1-5-27(35-6-2)20-23-12-17-29(34(19-18-22(3)4)26-10-8-7-9-11-26)28(21-23)24-13-15-25(16-14-24)30(31,32)33/h5,7-11,13-16,22-23,28-29H,6,12,17-21H2,1-4H3/b27-5-/t23-,28-,29+/m0/s1. The molecule has 0 bridgehead atoms. The molecule has 0 heterocycles. The van der Waals surface area contributed by atoms with Gasteiger partial charge >= 0.3 is 6.18 Å². The molecule has 0 spiro atoms. The summed E-state index contributed by atoms with van der Waals surface area (Å²) in [5.74, 6) is 2.19. The Balaban J connectivity index is 1.94. The van der Waals surface area contributed by atoms with Crippen LogP contribution in [0.25, 0.3) is 0 Å². The molecule has 0 unspecified atom stereocenters. The van der Waals surface area contributed by atoms with Gasteiger partial charge in [-0.3, -0.25) is 0 Å². The Bertz CT molecular complexity index is 921. The summed E-state index contributed by atoms with van der Waals surface area (Å²) in [6.45, 7) is 10.1. The van der Waals surface area contributed by atoms with Gasteiger partial charge in [0.05, 0.1) is 17.9 Å². The fraction of sp³-hybridized carbons (Fsp3) is 0.533. The topological polar surface area (TPSA) is 12.5 Å². The van der Waals surface area contributed by atoms with Gasteiger partial charge in [0.25, 0.3) is 0 Å². The van der Waals surface area contributed by atoms with Crippen LogP contribution in [0.4, 0.5) is 18.9 Å². The second kappa shape index (κ2) is 12.5. The lowest BCUT2D eigenvalue weighted by Crippen LogP contribution is -2.44. The zero-order valence-corrected chi connectivity index (χ0v) is 21.5. The van der Waals surface area contributed by atoms with Gasteiger partial charge in [-0.05, 0) is 87.3 Å². The number of benzene rings is 2. The number of hydrogen-bond acceptors (Lipinski definition) is 2. The van der Waals surface area contributed by atoms with Crippen LogP contribution >= 0.6 is 0 Å². The van der Waals surface area contributed by atoms with Gasteiger partial charge in [0.2, 0.25) is 0 Å². The predicted octanol–water partition coefficient (Wildman–Crippen LogP) is 8.84. The molecule has 1 aliphatic carbocycles. The van der Waals surface area contributed by atoms with Crippen LogP contribution in [0.3, 0.4) is 0 Å². The highest BCUT2D eigenvalue weighted by Crippen LogP contribution is 2.43. The van der Waals surface area contributed by atoms with E-state index in [-0.39, 0.29) is 12.0 Å². The zero-order chi connectivity index (χ0) is 25.4. The molecule has 2 nitrogen and oxygen atoms in total. The van der Waals surface area contributed by atoms with Gasteiger partial charge in [-0.15, -0.1) is 0 Å². The molecule has 0 amide bonds. The van der Waals surface area contributed by atoms with Crippen molar-refractivity contribution in [2.24, 2.45) is 11.8 Å². The van der Waals surface area contributed by atoms with Crippen molar-refractivity contribution in [1.82, 2.24) is 0 Å². The maximum absolute atomic E-state index is 13.3. The van der Waals surface area contributed by atoms with Gasteiger partial charge in [-0.1, -0.05) is 44.2 Å². The number of rotatable bonds is 10. The first-order valence-corrected chi connectivity index (χ1v) is 13.0. The molecular weight excluding hydrogens is 447 g/mol. The maximum Gasteiger partial charge on any atom is 0.416 e. The molecule has 0 aliphatic heterocycles. The Labute approximate surface area is 209 Å². The number of alkyl halides is 3. The Morgan fingerprint density at radius 1 is 1.06 bits per heavy atom. The molecule has 0 saturated heterocycles. The number of nitrogens with zero attached hydrogens (tertiary/aromatic N) is 1. The molecule has 3 rings (SSSR count). The molecule has 0 radical (unpaired) electrons. The molecule has 3 atom stereocenters. The lowest BCUT2D eigenvalue weighted by molar-refractivity contribution is -0.137. The van der Waals surface area contributed by atoms with Crippen molar-refractivity contribution in [3.8, 4) is 0 Å². The molecule has 0 N–H and O–H groups in total. The summed E-state index contributed by atoms with van der Waals surface area (Å²) in [6, 6.07) is 16.6. The van der Waals surface area contributed by atoms with Crippen LogP contribution in [-0.2, 0) is 10.9 Å². The first-order valence-electron chi connectivity index (χ1n) is 13.0. The quantitative estimate of drug-likeness (QED) is 0.310. The van der Waals surface area contributed by atoms with E-state index in [1.165, 1.54) is 17.8 Å². The second-order valence-corrected chi connectivity index (χ2v) is 10.1. The van der Waals surface area contributed by atoms with E-state index in [2.05, 4.69) is 43.0 Å². The molecule has 0 aromatic heterocycles. The van der Waals surface area contributed by atoms with Crippen LogP contribution in [0.1, 0.15) is 76.8 Å². The van der Waals surface area contributed by atoms with E-state index in [0.29, 0.717) is 18.4 Å². The van der Waals surface area contributed by atoms with Crippen LogP contribution < -0.4 is 4.90 Å². The normalized spacial score (nSPS) is 21.3. The Morgan fingerprint density at radius 3 is 2.31 bits per heavy atom. The number of ether oxygens (including phenoxy) is 1. The van der Waals surface area contributed by atoms with Crippen LogP contribution in [0.15, 0.2) is 66.4 Å². The van der Waals surface area contributed by atoms with E-state index in [4.69, 9.17) is 4.74 Å². The molecule has 35 heavy (non-hydrogen) atoms. The summed E-state index contributed by atoms with van der Waals surface area (Å²) in [4.78, 5) is 2.51. The van der Waals surface area contributed by atoms with E-state index < -0.39 is 11.7 Å². The minimum atomic E-state index is -4.32. The van der Waals surface area contributed by atoms with Gasteiger partial charge in [0, 0.05) is 30.6 Å². The van der Waals surface area contributed by atoms with E-state index >= 15 is 0 Å². The molecule has 192 valence electrons. The Morgan fingerprint density at radius 2 is 1.74 bits per heavy atom. The highest BCUT2D eigenvalue weighted by atomic mass is 19.4. The minimum Gasteiger partial charge on any atom is -0.499 e.